The number of oxime groups is 1. The Bertz CT molecular complexity index is 1520. The summed E-state index contributed by atoms with van der Waals surface area (Å²) in [6.07, 6.45) is 0.0320. The van der Waals surface area contributed by atoms with E-state index in [1.54, 1.807) is 6.07 Å². The van der Waals surface area contributed by atoms with Gasteiger partial charge in [0.1, 0.15) is 34.9 Å². The van der Waals surface area contributed by atoms with Crippen LogP contribution in [0.5, 0.6) is 5.75 Å². The number of phenols is 1. The van der Waals surface area contributed by atoms with Crippen molar-refractivity contribution < 1.29 is 39.6 Å². The lowest BCUT2D eigenvalue weighted by Crippen LogP contribution is -2.64. The monoisotopic (exact) mass is 539 g/mol. The SMILES string of the molecule is CO/N=C1\C(O)=C(C(N)=O)C(=O)[C@@]2(O)C(=O)C3=C(O)c4c(O)ccc(-c5nc(C(C)C)cs5)c4C[C@H]3C[C@@H]12. The molecular weight excluding hydrogens is 514 g/mol. The number of hydrogen-bond donors (Lipinski definition) is 5. The molecule has 0 saturated heterocycles. The maximum absolute atomic E-state index is 13.8. The summed E-state index contributed by atoms with van der Waals surface area (Å²) in [5.74, 6) is -7.59. The number of hydrogen-bond acceptors (Lipinski definition) is 11. The molecule has 0 aliphatic heterocycles. The zero-order chi connectivity index (χ0) is 27.7. The molecule has 1 heterocycles. The summed E-state index contributed by atoms with van der Waals surface area (Å²) in [6, 6.07) is 3.07. The Labute approximate surface area is 220 Å². The van der Waals surface area contributed by atoms with Gasteiger partial charge in [-0.15, -0.1) is 11.3 Å². The van der Waals surface area contributed by atoms with Crippen molar-refractivity contribution in [2.45, 2.75) is 38.2 Å². The summed E-state index contributed by atoms with van der Waals surface area (Å²) in [5, 5.41) is 50.5. The number of primary amides is 1. The average Bonchev–Trinajstić information content (AvgIpc) is 3.34. The minimum Gasteiger partial charge on any atom is -0.507 e. The van der Waals surface area contributed by atoms with Gasteiger partial charge >= 0.3 is 0 Å². The van der Waals surface area contributed by atoms with Crippen LogP contribution in [-0.4, -0.2) is 61.3 Å². The Hall–Kier alpha value is -4.03. The van der Waals surface area contributed by atoms with Crippen LogP contribution in [0.25, 0.3) is 16.3 Å². The highest BCUT2D eigenvalue weighted by atomic mass is 32.1. The number of rotatable bonds is 4. The summed E-state index contributed by atoms with van der Waals surface area (Å²) < 4.78 is 0. The molecule has 0 bridgehead atoms. The predicted molar refractivity (Wildman–Crippen MR) is 136 cm³/mol. The number of nitrogens with two attached hydrogens (primary N) is 1. The van der Waals surface area contributed by atoms with Crippen LogP contribution in [-0.2, 0) is 25.6 Å². The first-order valence-electron chi connectivity index (χ1n) is 11.8. The number of ketones is 2. The fraction of sp³-hybridized carbons (Fsp3) is 0.346. The molecule has 2 aromatic rings. The molecule has 0 spiro atoms. The molecule has 3 aliphatic rings. The van der Waals surface area contributed by atoms with E-state index in [9.17, 15) is 34.8 Å². The highest BCUT2D eigenvalue weighted by Crippen LogP contribution is 2.52. The quantitative estimate of drug-likeness (QED) is 0.220. The van der Waals surface area contributed by atoms with Crippen LogP contribution in [0.15, 0.2) is 39.6 Å². The lowest BCUT2D eigenvalue weighted by molar-refractivity contribution is -0.153. The number of phenolic OH excluding ortho intramolecular Hbond substituents is 1. The molecular formula is C26H25N3O8S. The van der Waals surface area contributed by atoms with E-state index < -0.39 is 52.0 Å². The van der Waals surface area contributed by atoms with Gasteiger partial charge in [-0.3, -0.25) is 14.4 Å². The second kappa shape index (κ2) is 8.77. The number of allylic oxidation sites excluding steroid dienone is 1. The van der Waals surface area contributed by atoms with Crippen molar-refractivity contribution in [3.63, 3.8) is 0 Å². The number of benzene rings is 1. The van der Waals surface area contributed by atoms with Gasteiger partial charge in [-0.2, -0.15) is 0 Å². The van der Waals surface area contributed by atoms with Crippen molar-refractivity contribution in [1.82, 2.24) is 4.98 Å². The second-order valence-electron chi connectivity index (χ2n) is 9.84. The van der Waals surface area contributed by atoms with E-state index in [1.165, 1.54) is 17.4 Å². The van der Waals surface area contributed by atoms with E-state index in [2.05, 4.69) is 10.1 Å². The molecule has 3 aliphatic carbocycles. The Balaban J connectivity index is 1.71. The van der Waals surface area contributed by atoms with Crippen LogP contribution in [0.1, 0.15) is 43.0 Å². The molecule has 198 valence electrons. The first-order chi connectivity index (χ1) is 17.9. The maximum Gasteiger partial charge on any atom is 0.256 e. The molecule has 38 heavy (non-hydrogen) atoms. The normalized spacial score (nSPS) is 26.0. The fourth-order valence-corrected chi connectivity index (χ4v) is 6.61. The molecule has 1 saturated carbocycles. The van der Waals surface area contributed by atoms with Crippen molar-refractivity contribution in [1.29, 1.82) is 0 Å². The van der Waals surface area contributed by atoms with E-state index in [1.807, 2.05) is 19.2 Å². The molecule has 0 radical (unpaired) electrons. The molecule has 1 fully saturated rings. The molecule has 3 atom stereocenters. The van der Waals surface area contributed by atoms with E-state index in [4.69, 9.17) is 10.6 Å². The summed E-state index contributed by atoms with van der Waals surface area (Å²) in [5.41, 5.74) is 2.87. The number of nitrogens with zero attached hydrogens (tertiary/aromatic N) is 2. The topological polar surface area (TPSA) is 193 Å². The second-order valence-corrected chi connectivity index (χ2v) is 10.7. The van der Waals surface area contributed by atoms with Crippen molar-refractivity contribution in [2.24, 2.45) is 22.7 Å². The Kier molecular flexibility index (Phi) is 5.91. The fourth-order valence-electron chi connectivity index (χ4n) is 5.57. The van der Waals surface area contributed by atoms with Crippen LogP contribution < -0.4 is 5.73 Å². The number of thiazole rings is 1. The van der Waals surface area contributed by atoms with Crippen LogP contribution >= 0.6 is 11.3 Å². The summed E-state index contributed by atoms with van der Waals surface area (Å²) in [6.45, 7) is 4.03. The molecule has 0 unspecified atom stereocenters. The van der Waals surface area contributed by atoms with Gasteiger partial charge in [-0.25, -0.2) is 4.98 Å². The molecule has 1 aromatic heterocycles. The van der Waals surface area contributed by atoms with Crippen LogP contribution in [0.3, 0.4) is 0 Å². The number of aliphatic hydroxyl groups excluding tert-OH is 2. The van der Waals surface area contributed by atoms with Crippen LogP contribution in [0.4, 0.5) is 0 Å². The third-order valence-corrected chi connectivity index (χ3v) is 8.31. The molecule has 6 N–H and O–H groups in total. The number of Topliss-reactive ketones (excluding diaryl/α,β-unsaturated/α-hetero) is 2. The molecule has 1 amide bonds. The number of aromatic nitrogens is 1. The summed E-state index contributed by atoms with van der Waals surface area (Å²) in [7, 11) is 1.16. The Morgan fingerprint density at radius 1 is 1.21 bits per heavy atom. The third-order valence-electron chi connectivity index (χ3n) is 7.42. The molecule has 12 heteroatoms. The summed E-state index contributed by atoms with van der Waals surface area (Å²) in [4.78, 5) is 48.5. The molecule has 11 nitrogen and oxygen atoms in total. The lowest BCUT2D eigenvalue weighted by atomic mass is 9.58. The van der Waals surface area contributed by atoms with Gasteiger partial charge in [0, 0.05) is 16.5 Å². The van der Waals surface area contributed by atoms with Crippen molar-refractivity contribution in [3.05, 3.63) is 51.2 Å². The van der Waals surface area contributed by atoms with Gasteiger partial charge in [-0.1, -0.05) is 19.0 Å². The number of aliphatic hydroxyl groups is 3. The molecule has 5 rings (SSSR count). The van der Waals surface area contributed by atoms with Crippen LogP contribution in [0.2, 0.25) is 0 Å². The van der Waals surface area contributed by atoms with Crippen molar-refractivity contribution >= 4 is 40.3 Å². The average molecular weight is 540 g/mol. The smallest absolute Gasteiger partial charge is 0.256 e. The first kappa shape index (κ1) is 25.6. The Morgan fingerprint density at radius 3 is 2.53 bits per heavy atom. The van der Waals surface area contributed by atoms with Crippen molar-refractivity contribution in [3.8, 4) is 16.3 Å². The zero-order valence-electron chi connectivity index (χ0n) is 20.7. The highest BCUT2D eigenvalue weighted by molar-refractivity contribution is 7.13. The van der Waals surface area contributed by atoms with Gasteiger partial charge in [0.25, 0.3) is 5.91 Å². The first-order valence-corrected chi connectivity index (χ1v) is 12.7. The minimum absolute atomic E-state index is 0.00741. The van der Waals surface area contributed by atoms with Gasteiger partial charge in [-0.05, 0) is 42.4 Å². The molecule has 1 aromatic carbocycles. The van der Waals surface area contributed by atoms with E-state index in [0.29, 0.717) is 16.1 Å². The van der Waals surface area contributed by atoms with Crippen LogP contribution in [0, 0.1) is 11.8 Å². The number of carbonyl (C=O) groups excluding carboxylic acids is 3. The maximum atomic E-state index is 13.8. The van der Waals surface area contributed by atoms with E-state index in [0.717, 1.165) is 12.8 Å². The number of aromatic hydroxyl groups is 1. The van der Waals surface area contributed by atoms with E-state index in [-0.39, 0.29) is 41.4 Å². The predicted octanol–water partition coefficient (Wildman–Crippen LogP) is 2.28. The largest absolute Gasteiger partial charge is 0.507 e. The van der Waals surface area contributed by atoms with Gasteiger partial charge in [0.2, 0.25) is 11.6 Å². The van der Waals surface area contributed by atoms with Crippen molar-refractivity contribution in [2.75, 3.05) is 7.11 Å². The number of fused-ring (bicyclic) bond motifs is 3. The lowest BCUT2D eigenvalue weighted by Gasteiger charge is -2.45. The summed E-state index contributed by atoms with van der Waals surface area (Å²) >= 11 is 1.41. The zero-order valence-corrected chi connectivity index (χ0v) is 21.5. The number of amides is 1. The number of carbonyl (C=O) groups is 3. The van der Waals surface area contributed by atoms with E-state index >= 15 is 0 Å². The third kappa shape index (κ3) is 3.40. The minimum atomic E-state index is -2.88. The van der Waals surface area contributed by atoms with Gasteiger partial charge in [0.05, 0.1) is 17.2 Å². The standard InChI is InChI=1S/C26H25N3O8S/c1-9(2)14-8-38-25(28-14)11-4-5-15(30)17-12(11)6-10-7-13-19(29-37-3)21(32)18(24(27)35)23(34)26(13,36)22(33)16(10)20(17)31/h4-5,8-10,13,30-32,36H,6-7H2,1-3H3,(H2,27,35)/b29-19-/t10-,13-,26-/m0/s1. The van der Waals surface area contributed by atoms with Gasteiger partial charge in [0.15, 0.2) is 11.4 Å². The van der Waals surface area contributed by atoms with Gasteiger partial charge < -0.3 is 31.0 Å². The highest BCUT2D eigenvalue weighted by Gasteiger charge is 2.64. The Morgan fingerprint density at radius 2 is 1.92 bits per heavy atom.